The number of hydrogen-bond donors (Lipinski definition) is 0. The molecule has 3 rings (SSSR count). The third-order valence-corrected chi connectivity index (χ3v) is 4.99. The van der Waals surface area contributed by atoms with Gasteiger partial charge >= 0.3 is 0 Å². The van der Waals surface area contributed by atoms with E-state index in [1.807, 2.05) is 24.3 Å². The van der Waals surface area contributed by atoms with Gasteiger partial charge in [0.25, 0.3) is 5.91 Å². The molecule has 2 aromatic rings. The molecule has 6 nitrogen and oxygen atoms in total. The molecule has 0 N–H and O–H groups in total. The first-order chi connectivity index (χ1) is 12.5. The van der Waals surface area contributed by atoms with Crippen LogP contribution in [0.2, 0.25) is 0 Å². The number of ether oxygens (including phenoxy) is 4. The van der Waals surface area contributed by atoms with Crippen molar-refractivity contribution in [3.8, 4) is 23.0 Å². The van der Waals surface area contributed by atoms with Crippen LogP contribution in [0.25, 0.3) is 0 Å². The minimum atomic E-state index is -0.225. The number of likely N-dealkylation sites (N-methyl/N-ethyl adjacent to an activating group) is 1. The predicted octanol–water partition coefficient (Wildman–Crippen LogP) is 3.22. The summed E-state index contributed by atoms with van der Waals surface area (Å²) in [5.41, 5.74) is 0.558. The first-order valence-electron chi connectivity index (χ1n) is 8.09. The number of halogens is 1. The molecule has 7 heteroatoms. The molecule has 1 atom stereocenters. The highest BCUT2D eigenvalue weighted by Crippen LogP contribution is 2.33. The van der Waals surface area contributed by atoms with E-state index in [1.54, 1.807) is 38.3 Å². The van der Waals surface area contributed by atoms with E-state index in [4.69, 9.17) is 18.9 Å². The summed E-state index contributed by atoms with van der Waals surface area (Å²) in [7, 11) is 4.87. The van der Waals surface area contributed by atoms with Gasteiger partial charge in [-0.15, -0.1) is 0 Å². The summed E-state index contributed by atoms with van der Waals surface area (Å²) in [5, 5.41) is 0. The zero-order valence-corrected chi connectivity index (χ0v) is 17.0. The van der Waals surface area contributed by atoms with Gasteiger partial charge in [-0.2, -0.15) is 0 Å². The smallest absolute Gasteiger partial charge is 0.254 e. The largest absolute Gasteiger partial charge is 0.493 e. The van der Waals surface area contributed by atoms with E-state index in [-0.39, 0.29) is 12.0 Å². The Bertz CT molecular complexity index is 811. The van der Waals surface area contributed by atoms with Crippen LogP contribution in [0.1, 0.15) is 10.4 Å². The van der Waals surface area contributed by atoms with Gasteiger partial charge in [-0.3, -0.25) is 4.79 Å². The lowest BCUT2D eigenvalue weighted by molar-refractivity contribution is 0.0520. The number of carbonyl (C=O) groups excluding carboxylic acids is 1. The number of benzene rings is 2. The first-order valence-corrected chi connectivity index (χ1v) is 9.16. The van der Waals surface area contributed by atoms with Gasteiger partial charge in [-0.1, -0.05) is 12.1 Å². The predicted molar refractivity (Wildman–Crippen MR) is 106 cm³/mol. The molecule has 1 unspecified atom stereocenters. The molecule has 1 aliphatic heterocycles. The monoisotopic (exact) mass is 469 g/mol. The van der Waals surface area contributed by atoms with Gasteiger partial charge in [-0.05, 0) is 46.9 Å². The molecule has 2 aromatic carbocycles. The summed E-state index contributed by atoms with van der Waals surface area (Å²) >= 11 is 2.12. The van der Waals surface area contributed by atoms with Gasteiger partial charge in [-0.25, -0.2) is 0 Å². The van der Waals surface area contributed by atoms with Crippen molar-refractivity contribution in [1.29, 1.82) is 0 Å². The molecule has 0 spiro atoms. The lowest BCUT2D eigenvalue weighted by atomic mass is 10.1. The standard InChI is InChI=1S/C19H20INO5/c1-21(10-12-11-25-15-6-4-5-7-16(15)26-12)19(22)13-8-17(23-2)18(24-3)9-14(13)20/h4-9,12H,10-11H2,1-3H3. The summed E-state index contributed by atoms with van der Waals surface area (Å²) in [5.74, 6) is 2.43. The van der Waals surface area contributed by atoms with E-state index in [1.165, 1.54) is 0 Å². The van der Waals surface area contributed by atoms with Crippen molar-refractivity contribution in [1.82, 2.24) is 4.90 Å². The van der Waals surface area contributed by atoms with Gasteiger partial charge in [0.2, 0.25) is 0 Å². The maximum absolute atomic E-state index is 12.9. The van der Waals surface area contributed by atoms with Crippen LogP contribution in [-0.2, 0) is 0 Å². The molecular formula is C19H20INO5. The van der Waals surface area contributed by atoms with E-state index < -0.39 is 0 Å². The summed E-state index contributed by atoms with van der Waals surface area (Å²) in [6.45, 7) is 0.815. The van der Waals surface area contributed by atoms with Crippen LogP contribution < -0.4 is 18.9 Å². The Morgan fingerprint density at radius 1 is 1.19 bits per heavy atom. The fraction of sp³-hybridized carbons (Fsp3) is 0.316. The van der Waals surface area contributed by atoms with Crippen LogP contribution in [0.15, 0.2) is 36.4 Å². The molecule has 0 aliphatic carbocycles. The van der Waals surface area contributed by atoms with Crippen LogP contribution in [-0.4, -0.2) is 51.3 Å². The molecule has 26 heavy (non-hydrogen) atoms. The number of fused-ring (bicyclic) bond motifs is 1. The number of para-hydroxylation sites is 2. The third-order valence-electron chi connectivity index (χ3n) is 4.10. The molecule has 0 saturated carbocycles. The Hall–Kier alpha value is -2.16. The second kappa shape index (κ2) is 8.03. The molecule has 0 fully saturated rings. The minimum Gasteiger partial charge on any atom is -0.493 e. The van der Waals surface area contributed by atoms with Crippen molar-refractivity contribution in [2.24, 2.45) is 0 Å². The first kappa shape index (κ1) is 18.6. The highest BCUT2D eigenvalue weighted by atomic mass is 127. The van der Waals surface area contributed by atoms with E-state index in [0.717, 1.165) is 9.32 Å². The van der Waals surface area contributed by atoms with Gasteiger partial charge in [0.1, 0.15) is 6.61 Å². The molecule has 1 aliphatic rings. The van der Waals surface area contributed by atoms with E-state index in [0.29, 0.717) is 36.0 Å². The number of methoxy groups -OCH3 is 2. The molecule has 138 valence electrons. The lowest BCUT2D eigenvalue weighted by Crippen LogP contribution is -2.42. The number of carbonyl (C=O) groups is 1. The topological polar surface area (TPSA) is 57.2 Å². The maximum Gasteiger partial charge on any atom is 0.254 e. The lowest BCUT2D eigenvalue weighted by Gasteiger charge is -2.29. The zero-order chi connectivity index (χ0) is 18.7. The number of hydrogen-bond acceptors (Lipinski definition) is 5. The maximum atomic E-state index is 12.9. The van der Waals surface area contributed by atoms with E-state index in [9.17, 15) is 4.79 Å². The highest BCUT2D eigenvalue weighted by molar-refractivity contribution is 14.1. The number of amides is 1. The van der Waals surface area contributed by atoms with Crippen molar-refractivity contribution in [2.45, 2.75) is 6.10 Å². The number of nitrogens with zero attached hydrogens (tertiary/aromatic N) is 1. The SMILES string of the molecule is COc1cc(I)c(C(=O)N(C)CC2COc3ccccc3O2)cc1OC. The van der Waals surface area contributed by atoms with Crippen LogP contribution in [0, 0.1) is 3.57 Å². The zero-order valence-electron chi connectivity index (χ0n) is 14.8. The fourth-order valence-corrected chi connectivity index (χ4v) is 3.43. The molecule has 0 saturated heterocycles. The van der Waals surface area contributed by atoms with Crippen molar-refractivity contribution in [3.63, 3.8) is 0 Å². The molecule has 1 heterocycles. The van der Waals surface area contributed by atoms with Crippen molar-refractivity contribution >= 4 is 28.5 Å². The third kappa shape index (κ3) is 3.82. The Morgan fingerprint density at radius 2 is 1.85 bits per heavy atom. The Balaban J connectivity index is 1.73. The normalized spacial score (nSPS) is 15.3. The molecule has 0 aromatic heterocycles. The fourth-order valence-electron chi connectivity index (χ4n) is 2.77. The van der Waals surface area contributed by atoms with Crippen LogP contribution in [0.4, 0.5) is 0 Å². The molecular weight excluding hydrogens is 449 g/mol. The average Bonchev–Trinajstić information content (AvgIpc) is 2.67. The summed E-state index contributed by atoms with van der Waals surface area (Å²) in [4.78, 5) is 14.5. The molecule has 0 bridgehead atoms. The van der Waals surface area contributed by atoms with Gasteiger partial charge in [0.15, 0.2) is 29.1 Å². The summed E-state index contributed by atoms with van der Waals surface area (Å²) in [6, 6.07) is 11.0. The van der Waals surface area contributed by atoms with Crippen molar-refractivity contribution < 1.29 is 23.7 Å². The van der Waals surface area contributed by atoms with E-state index >= 15 is 0 Å². The van der Waals surface area contributed by atoms with Gasteiger partial charge < -0.3 is 23.8 Å². The Morgan fingerprint density at radius 3 is 2.54 bits per heavy atom. The van der Waals surface area contributed by atoms with Crippen LogP contribution in [0.5, 0.6) is 23.0 Å². The summed E-state index contributed by atoms with van der Waals surface area (Å²) in [6.07, 6.45) is -0.225. The molecule has 0 radical (unpaired) electrons. The Labute approximate surface area is 166 Å². The van der Waals surface area contributed by atoms with E-state index in [2.05, 4.69) is 22.6 Å². The quantitative estimate of drug-likeness (QED) is 0.630. The van der Waals surface area contributed by atoms with Gasteiger partial charge in [0, 0.05) is 10.6 Å². The van der Waals surface area contributed by atoms with Gasteiger partial charge in [0.05, 0.1) is 26.3 Å². The molecule has 1 amide bonds. The number of rotatable bonds is 5. The average molecular weight is 469 g/mol. The van der Waals surface area contributed by atoms with Crippen molar-refractivity contribution in [2.75, 3.05) is 34.4 Å². The van der Waals surface area contributed by atoms with Crippen LogP contribution >= 0.6 is 22.6 Å². The second-order valence-corrected chi connectivity index (χ2v) is 7.03. The minimum absolute atomic E-state index is 0.113. The van der Waals surface area contributed by atoms with Crippen molar-refractivity contribution in [3.05, 3.63) is 45.5 Å². The highest BCUT2D eigenvalue weighted by Gasteiger charge is 2.25. The Kier molecular flexibility index (Phi) is 5.75. The van der Waals surface area contributed by atoms with Crippen LogP contribution in [0.3, 0.4) is 0 Å². The second-order valence-electron chi connectivity index (χ2n) is 5.87. The summed E-state index contributed by atoms with van der Waals surface area (Å²) < 4.78 is 23.0.